The summed E-state index contributed by atoms with van der Waals surface area (Å²) in [6.45, 7) is 2.93. The van der Waals surface area contributed by atoms with Gasteiger partial charge in [-0.3, -0.25) is 5.10 Å². The van der Waals surface area contributed by atoms with Crippen molar-refractivity contribution in [3.8, 4) is 0 Å². The van der Waals surface area contributed by atoms with E-state index < -0.39 is 15.6 Å². The minimum atomic E-state index is -3.74. The van der Waals surface area contributed by atoms with Gasteiger partial charge in [-0.1, -0.05) is 0 Å². The first-order valence-electron chi connectivity index (χ1n) is 4.62. The number of aliphatic hydroxyl groups excluding tert-OH is 1. The number of anilines is 1. The molecule has 92 valence electrons. The summed E-state index contributed by atoms with van der Waals surface area (Å²) in [4.78, 5) is -0.0866. The molecule has 0 saturated heterocycles. The van der Waals surface area contributed by atoms with Gasteiger partial charge in [-0.25, -0.2) is 8.42 Å². The topological polar surface area (TPSA) is 112 Å². The summed E-state index contributed by atoms with van der Waals surface area (Å²) in [6.07, 6.45) is 1.15. The number of aliphatic hydroxyl groups is 1. The Labute approximate surface area is 94.3 Å². The molecule has 8 heteroatoms. The van der Waals surface area contributed by atoms with Crippen LogP contribution in [-0.2, 0) is 10.0 Å². The zero-order chi connectivity index (χ0) is 12.6. The minimum Gasteiger partial charge on any atom is -0.394 e. The van der Waals surface area contributed by atoms with Crippen LogP contribution >= 0.6 is 0 Å². The van der Waals surface area contributed by atoms with Gasteiger partial charge in [0.25, 0.3) is 0 Å². The van der Waals surface area contributed by atoms with E-state index in [1.54, 1.807) is 13.8 Å². The van der Waals surface area contributed by atoms with Crippen LogP contribution in [0.3, 0.4) is 0 Å². The molecule has 0 unspecified atom stereocenters. The van der Waals surface area contributed by atoms with E-state index in [1.165, 1.54) is 7.05 Å². The van der Waals surface area contributed by atoms with Gasteiger partial charge in [-0.15, -0.1) is 0 Å². The molecule has 0 amide bonds. The highest BCUT2D eigenvalue weighted by Gasteiger charge is 2.35. The Kier molecular flexibility index (Phi) is 3.27. The summed E-state index contributed by atoms with van der Waals surface area (Å²) in [5.41, 5.74) is 4.56. The number of nitrogens with two attached hydrogens (primary N) is 1. The summed E-state index contributed by atoms with van der Waals surface area (Å²) in [7, 11) is -2.35. The van der Waals surface area contributed by atoms with Crippen LogP contribution in [0.15, 0.2) is 11.1 Å². The van der Waals surface area contributed by atoms with Gasteiger partial charge in [-0.2, -0.15) is 9.40 Å². The Bertz CT molecular complexity index is 465. The second-order valence-electron chi connectivity index (χ2n) is 4.09. The Morgan fingerprint density at radius 3 is 2.56 bits per heavy atom. The van der Waals surface area contributed by atoms with Crippen molar-refractivity contribution in [1.82, 2.24) is 14.5 Å². The first-order valence-corrected chi connectivity index (χ1v) is 6.06. The van der Waals surface area contributed by atoms with Crippen molar-refractivity contribution >= 4 is 15.8 Å². The average Bonchev–Trinajstić information content (AvgIpc) is 2.63. The predicted octanol–water partition coefficient (Wildman–Crippen LogP) is -0.617. The van der Waals surface area contributed by atoms with E-state index >= 15 is 0 Å². The summed E-state index contributed by atoms with van der Waals surface area (Å²) in [5.74, 6) is -0.0133. The Morgan fingerprint density at radius 2 is 2.19 bits per heavy atom. The summed E-state index contributed by atoms with van der Waals surface area (Å²) < 4.78 is 25.3. The summed E-state index contributed by atoms with van der Waals surface area (Å²) in [5, 5.41) is 15.1. The summed E-state index contributed by atoms with van der Waals surface area (Å²) >= 11 is 0. The number of nitrogens with zero attached hydrogens (tertiary/aromatic N) is 2. The lowest BCUT2D eigenvalue weighted by Crippen LogP contribution is -2.47. The SMILES string of the molecule is CN(C(C)(C)CO)S(=O)(=O)c1cn[nH]c1N. The highest BCUT2D eigenvalue weighted by atomic mass is 32.2. The van der Waals surface area contributed by atoms with E-state index in [9.17, 15) is 8.42 Å². The fraction of sp³-hybridized carbons (Fsp3) is 0.625. The average molecular weight is 248 g/mol. The fourth-order valence-electron chi connectivity index (χ4n) is 1.06. The van der Waals surface area contributed by atoms with Crippen LogP contribution in [0.25, 0.3) is 0 Å². The summed E-state index contributed by atoms with van der Waals surface area (Å²) in [6, 6.07) is 0. The lowest BCUT2D eigenvalue weighted by molar-refractivity contribution is 0.138. The van der Waals surface area contributed by atoms with Crippen molar-refractivity contribution in [3.05, 3.63) is 6.20 Å². The van der Waals surface area contributed by atoms with Gasteiger partial charge in [-0.05, 0) is 13.8 Å². The molecule has 1 rings (SSSR count). The highest BCUT2D eigenvalue weighted by Crippen LogP contribution is 2.24. The van der Waals surface area contributed by atoms with Gasteiger partial charge in [0.15, 0.2) is 0 Å². The van der Waals surface area contributed by atoms with E-state index in [-0.39, 0.29) is 17.3 Å². The molecule has 7 nitrogen and oxygen atoms in total. The van der Waals surface area contributed by atoms with Gasteiger partial charge in [0.2, 0.25) is 10.0 Å². The van der Waals surface area contributed by atoms with Crippen LogP contribution in [0.5, 0.6) is 0 Å². The monoisotopic (exact) mass is 248 g/mol. The molecule has 0 atom stereocenters. The van der Waals surface area contributed by atoms with Crippen molar-refractivity contribution in [2.45, 2.75) is 24.3 Å². The van der Waals surface area contributed by atoms with Crippen LogP contribution in [-0.4, -0.2) is 47.2 Å². The molecule has 0 radical (unpaired) electrons. The maximum absolute atomic E-state index is 12.1. The van der Waals surface area contributed by atoms with Crippen LogP contribution in [0.1, 0.15) is 13.8 Å². The van der Waals surface area contributed by atoms with E-state index in [2.05, 4.69) is 10.2 Å². The van der Waals surface area contributed by atoms with Crippen molar-refractivity contribution in [3.63, 3.8) is 0 Å². The first-order chi connectivity index (χ1) is 7.23. The molecule has 0 aromatic carbocycles. The number of H-pyrrole nitrogens is 1. The molecule has 0 aliphatic rings. The van der Waals surface area contributed by atoms with Crippen LogP contribution < -0.4 is 5.73 Å². The Balaban J connectivity index is 3.19. The van der Waals surface area contributed by atoms with Crippen LogP contribution in [0, 0.1) is 0 Å². The molecule has 0 saturated carbocycles. The van der Waals surface area contributed by atoms with E-state index in [1.807, 2.05) is 0 Å². The van der Waals surface area contributed by atoms with Crippen LogP contribution in [0.2, 0.25) is 0 Å². The number of likely N-dealkylation sites (N-methyl/N-ethyl adjacent to an activating group) is 1. The van der Waals surface area contributed by atoms with Gasteiger partial charge in [0.05, 0.1) is 18.3 Å². The third-order valence-electron chi connectivity index (χ3n) is 2.51. The number of nitrogen functional groups attached to an aromatic ring is 1. The van der Waals surface area contributed by atoms with E-state index in [4.69, 9.17) is 10.8 Å². The molecule has 0 bridgehead atoms. The van der Waals surface area contributed by atoms with Gasteiger partial charge >= 0.3 is 0 Å². The lowest BCUT2D eigenvalue weighted by Gasteiger charge is -2.32. The van der Waals surface area contributed by atoms with Crippen LogP contribution in [0.4, 0.5) is 5.82 Å². The number of aromatic nitrogens is 2. The first kappa shape index (κ1) is 12.9. The van der Waals surface area contributed by atoms with Gasteiger partial charge in [0, 0.05) is 7.05 Å². The second-order valence-corrected chi connectivity index (χ2v) is 6.03. The van der Waals surface area contributed by atoms with Crippen molar-refractivity contribution < 1.29 is 13.5 Å². The predicted molar refractivity (Wildman–Crippen MR) is 59.1 cm³/mol. The van der Waals surface area contributed by atoms with Gasteiger partial charge < -0.3 is 10.8 Å². The molecule has 4 N–H and O–H groups in total. The largest absolute Gasteiger partial charge is 0.394 e. The number of hydrogen-bond donors (Lipinski definition) is 3. The molecule has 0 aliphatic carbocycles. The molecule has 0 fully saturated rings. The maximum atomic E-state index is 12.1. The molecule has 1 aromatic heterocycles. The number of rotatable bonds is 4. The smallest absolute Gasteiger partial charge is 0.248 e. The minimum absolute atomic E-state index is 0.0133. The zero-order valence-electron chi connectivity index (χ0n) is 9.43. The molecule has 0 aliphatic heterocycles. The maximum Gasteiger partial charge on any atom is 0.248 e. The third kappa shape index (κ3) is 2.04. The molecular weight excluding hydrogens is 232 g/mol. The molecule has 1 aromatic rings. The van der Waals surface area contributed by atoms with E-state index in [0.717, 1.165) is 10.5 Å². The molecule has 16 heavy (non-hydrogen) atoms. The third-order valence-corrected chi connectivity index (χ3v) is 4.61. The molecule has 0 spiro atoms. The van der Waals surface area contributed by atoms with Crippen molar-refractivity contribution in [2.24, 2.45) is 0 Å². The number of aromatic amines is 1. The standard InChI is InChI=1S/C8H16N4O3S/c1-8(2,5-13)12(3)16(14,15)6-4-10-11-7(6)9/h4,13H,5H2,1-3H3,(H3,9,10,11). The normalized spacial score (nSPS) is 13.3. The van der Waals surface area contributed by atoms with E-state index in [0.29, 0.717) is 0 Å². The Hall–Kier alpha value is -1.12. The molecular formula is C8H16N4O3S. The lowest BCUT2D eigenvalue weighted by atomic mass is 10.1. The highest BCUT2D eigenvalue weighted by molar-refractivity contribution is 7.89. The quantitative estimate of drug-likeness (QED) is 0.657. The van der Waals surface area contributed by atoms with Crippen molar-refractivity contribution in [1.29, 1.82) is 0 Å². The Morgan fingerprint density at radius 1 is 1.62 bits per heavy atom. The number of hydrogen-bond acceptors (Lipinski definition) is 5. The zero-order valence-corrected chi connectivity index (χ0v) is 10.2. The van der Waals surface area contributed by atoms with Gasteiger partial charge in [0.1, 0.15) is 10.7 Å². The molecule has 1 heterocycles. The number of nitrogens with one attached hydrogen (secondary N) is 1. The second kappa shape index (κ2) is 4.04. The number of sulfonamides is 1. The fourth-order valence-corrected chi connectivity index (χ4v) is 2.58. The van der Waals surface area contributed by atoms with Crippen molar-refractivity contribution in [2.75, 3.05) is 19.4 Å².